The molecule has 2 nitrogen and oxygen atoms in total. The van der Waals surface area contributed by atoms with Gasteiger partial charge < -0.3 is 9.32 Å². The zero-order valence-corrected chi connectivity index (χ0v) is 33.7. The van der Waals surface area contributed by atoms with Crippen molar-refractivity contribution < 1.29 is 4.42 Å². The number of hydrogen-bond acceptors (Lipinski definition) is 4. The number of rotatable bonds is 4. The molecule has 0 N–H and O–H groups in total. The van der Waals surface area contributed by atoms with Crippen LogP contribution in [-0.4, -0.2) is 0 Å². The standard InChI is InChI=1S/C53H37NOS2/c1-30-22-31(2)24-35(23-30)54(33-18-21-50-41(26-33)39-10-5-7-14-48(39)56-50)34-17-20-38-37-19-16-32(25-44(37)53(3,4)45(38)27-34)36-12-9-13-46-52(36)43-28-42-40-11-6-8-15-49(40)57-51(42)29-47(43)55-46/h5-29H,1-4H3. The van der Waals surface area contributed by atoms with Crippen LogP contribution in [0.2, 0.25) is 0 Å². The van der Waals surface area contributed by atoms with E-state index < -0.39 is 0 Å². The number of nitrogens with zero attached hydrogens (tertiary/aromatic N) is 1. The SMILES string of the molecule is Cc1cc(C)cc(N(c2ccc3c(c2)C(C)(C)c2cc(-c4cccc5oc6cc7sc8ccccc8c7cc6c45)ccc2-3)c2ccc3sc4ccccc4c3c2)c1. The Bertz CT molecular complexity index is 3460. The van der Waals surface area contributed by atoms with Gasteiger partial charge in [0.2, 0.25) is 0 Å². The van der Waals surface area contributed by atoms with Crippen LogP contribution in [0.5, 0.6) is 0 Å². The molecule has 11 aromatic rings. The molecule has 0 atom stereocenters. The van der Waals surface area contributed by atoms with Crippen LogP contribution in [0, 0.1) is 13.8 Å². The van der Waals surface area contributed by atoms with Gasteiger partial charge in [0.25, 0.3) is 0 Å². The first-order chi connectivity index (χ1) is 27.8. The van der Waals surface area contributed by atoms with Crippen LogP contribution < -0.4 is 4.90 Å². The summed E-state index contributed by atoms with van der Waals surface area (Å²) >= 11 is 3.70. The molecule has 4 heteroatoms. The van der Waals surface area contributed by atoms with Crippen LogP contribution in [0.4, 0.5) is 17.1 Å². The number of benzene rings is 8. The van der Waals surface area contributed by atoms with Crippen LogP contribution in [0.3, 0.4) is 0 Å². The summed E-state index contributed by atoms with van der Waals surface area (Å²) in [5.74, 6) is 0. The Morgan fingerprint density at radius 2 is 1.07 bits per heavy atom. The first-order valence-corrected chi connectivity index (χ1v) is 21.3. The largest absolute Gasteiger partial charge is 0.456 e. The Labute approximate surface area is 338 Å². The lowest BCUT2D eigenvalue weighted by Gasteiger charge is -2.29. The van der Waals surface area contributed by atoms with Crippen molar-refractivity contribution in [1.29, 1.82) is 0 Å². The van der Waals surface area contributed by atoms with Crippen molar-refractivity contribution in [2.75, 3.05) is 4.90 Å². The third-order valence-electron chi connectivity index (χ3n) is 12.3. The Morgan fingerprint density at radius 3 is 1.84 bits per heavy atom. The highest BCUT2D eigenvalue weighted by Crippen LogP contribution is 2.53. The van der Waals surface area contributed by atoms with E-state index in [2.05, 4.69) is 184 Å². The molecule has 0 saturated carbocycles. The van der Waals surface area contributed by atoms with Crippen molar-refractivity contribution in [2.24, 2.45) is 0 Å². The van der Waals surface area contributed by atoms with Gasteiger partial charge in [-0.3, -0.25) is 0 Å². The second-order valence-corrected chi connectivity index (χ2v) is 18.5. The molecular weight excluding hydrogens is 731 g/mol. The van der Waals surface area contributed by atoms with E-state index in [1.807, 2.05) is 22.7 Å². The number of furan rings is 1. The van der Waals surface area contributed by atoms with Gasteiger partial charge in [-0.1, -0.05) is 86.6 Å². The minimum Gasteiger partial charge on any atom is -0.456 e. The summed E-state index contributed by atoms with van der Waals surface area (Å²) in [5, 5.41) is 7.56. The average Bonchev–Trinajstić information content (AvgIpc) is 3.94. The van der Waals surface area contributed by atoms with Crippen LogP contribution in [0.1, 0.15) is 36.1 Å². The molecule has 12 rings (SSSR count). The minimum absolute atomic E-state index is 0.216. The highest BCUT2D eigenvalue weighted by atomic mass is 32.1. The lowest BCUT2D eigenvalue weighted by atomic mass is 9.81. The van der Waals surface area contributed by atoms with E-state index in [9.17, 15) is 0 Å². The van der Waals surface area contributed by atoms with E-state index in [4.69, 9.17) is 4.42 Å². The second-order valence-electron chi connectivity index (χ2n) is 16.3. The fraction of sp³-hybridized carbons (Fsp3) is 0.0943. The first-order valence-electron chi connectivity index (χ1n) is 19.6. The lowest BCUT2D eigenvalue weighted by molar-refractivity contribution is 0.660. The van der Waals surface area contributed by atoms with E-state index in [1.165, 1.54) is 113 Å². The number of anilines is 3. The molecule has 0 bridgehead atoms. The second kappa shape index (κ2) is 11.9. The summed E-state index contributed by atoms with van der Waals surface area (Å²) in [5.41, 5.74) is 15.4. The van der Waals surface area contributed by atoms with Gasteiger partial charge in [0.15, 0.2) is 0 Å². The lowest BCUT2D eigenvalue weighted by Crippen LogP contribution is -2.16. The zero-order valence-electron chi connectivity index (χ0n) is 32.1. The summed E-state index contributed by atoms with van der Waals surface area (Å²) in [4.78, 5) is 2.45. The van der Waals surface area contributed by atoms with Crippen LogP contribution in [-0.2, 0) is 5.41 Å². The maximum Gasteiger partial charge on any atom is 0.136 e. The molecule has 0 fully saturated rings. The van der Waals surface area contributed by atoms with Gasteiger partial charge in [-0.05, 0) is 137 Å². The molecular formula is C53H37NOS2. The van der Waals surface area contributed by atoms with Crippen LogP contribution >= 0.6 is 22.7 Å². The number of hydrogen-bond donors (Lipinski definition) is 0. The van der Waals surface area contributed by atoms with Crippen molar-refractivity contribution in [3.8, 4) is 22.3 Å². The van der Waals surface area contributed by atoms with E-state index >= 15 is 0 Å². The Morgan fingerprint density at radius 1 is 0.439 bits per heavy atom. The average molecular weight is 768 g/mol. The fourth-order valence-electron chi connectivity index (χ4n) is 9.70. The normalized spacial score (nSPS) is 13.4. The van der Waals surface area contributed by atoms with E-state index in [0.29, 0.717) is 0 Å². The third-order valence-corrected chi connectivity index (χ3v) is 14.6. The molecule has 0 spiro atoms. The molecule has 0 amide bonds. The minimum atomic E-state index is -0.216. The third kappa shape index (κ3) is 4.87. The zero-order chi connectivity index (χ0) is 38.2. The number of fused-ring (bicyclic) bond motifs is 12. The Balaban J connectivity index is 0.997. The van der Waals surface area contributed by atoms with Gasteiger partial charge in [-0.2, -0.15) is 0 Å². The quantitative estimate of drug-likeness (QED) is 0.177. The van der Waals surface area contributed by atoms with Crippen LogP contribution in [0.25, 0.3) is 84.5 Å². The number of aryl methyl sites for hydroxylation is 2. The molecule has 3 heterocycles. The Kier molecular flexibility index (Phi) is 6.89. The molecule has 57 heavy (non-hydrogen) atoms. The van der Waals surface area contributed by atoms with E-state index in [-0.39, 0.29) is 5.41 Å². The predicted molar refractivity (Wildman–Crippen MR) is 247 cm³/mol. The van der Waals surface area contributed by atoms with Crippen molar-refractivity contribution in [2.45, 2.75) is 33.1 Å². The molecule has 1 aliphatic carbocycles. The molecule has 0 saturated heterocycles. The summed E-state index contributed by atoms with van der Waals surface area (Å²) < 4.78 is 11.8. The molecule has 0 radical (unpaired) electrons. The topological polar surface area (TPSA) is 16.4 Å². The van der Waals surface area contributed by atoms with Crippen LogP contribution in [0.15, 0.2) is 156 Å². The highest BCUT2D eigenvalue weighted by Gasteiger charge is 2.36. The van der Waals surface area contributed by atoms with Gasteiger partial charge in [-0.25, -0.2) is 0 Å². The molecule has 3 aromatic heterocycles. The maximum atomic E-state index is 6.57. The smallest absolute Gasteiger partial charge is 0.136 e. The van der Waals surface area contributed by atoms with E-state index in [0.717, 1.165) is 11.2 Å². The van der Waals surface area contributed by atoms with Gasteiger partial charge in [-0.15, -0.1) is 22.7 Å². The van der Waals surface area contributed by atoms with Gasteiger partial charge in [0.1, 0.15) is 11.2 Å². The first kappa shape index (κ1) is 33.0. The summed E-state index contributed by atoms with van der Waals surface area (Å²) in [6.07, 6.45) is 0. The summed E-state index contributed by atoms with van der Waals surface area (Å²) in [6, 6.07) is 56.7. The summed E-state index contributed by atoms with van der Waals surface area (Å²) in [7, 11) is 0. The van der Waals surface area contributed by atoms with Crippen molar-refractivity contribution in [1.82, 2.24) is 0 Å². The molecule has 8 aromatic carbocycles. The van der Waals surface area contributed by atoms with E-state index in [1.54, 1.807) is 0 Å². The van der Waals surface area contributed by atoms with Crippen molar-refractivity contribution >= 4 is 102 Å². The molecule has 0 aliphatic heterocycles. The van der Waals surface area contributed by atoms with Crippen molar-refractivity contribution in [3.63, 3.8) is 0 Å². The molecule has 272 valence electrons. The molecule has 0 unspecified atom stereocenters. The van der Waals surface area contributed by atoms with Gasteiger partial charge in [0.05, 0.1) is 0 Å². The predicted octanol–water partition coefficient (Wildman–Crippen LogP) is 16.4. The number of thiophene rings is 2. The highest BCUT2D eigenvalue weighted by molar-refractivity contribution is 7.26. The monoisotopic (exact) mass is 767 g/mol. The summed E-state index contributed by atoms with van der Waals surface area (Å²) in [6.45, 7) is 9.17. The van der Waals surface area contributed by atoms with Crippen molar-refractivity contribution in [3.05, 3.63) is 174 Å². The van der Waals surface area contributed by atoms with Gasteiger partial charge in [0, 0.05) is 73.6 Å². The fourth-order valence-corrected chi connectivity index (χ4v) is 11.9. The Hall–Kier alpha value is -6.20. The maximum absolute atomic E-state index is 6.57. The van der Waals surface area contributed by atoms with Gasteiger partial charge >= 0.3 is 0 Å². The molecule has 1 aliphatic rings.